The van der Waals surface area contributed by atoms with Crippen LogP contribution in [0.25, 0.3) is 33.3 Å². The number of oxazole rings is 3. The first kappa shape index (κ1) is 60.8. The fourth-order valence-corrected chi connectivity index (χ4v) is 5.73. The Bertz CT molecular complexity index is 3530. The normalized spacial score (nSPS) is 9.28. The van der Waals surface area contributed by atoms with Gasteiger partial charge in [-0.1, -0.05) is 54.6 Å². The average molecular weight is 1050 g/mol. The molecule has 5 aromatic carbocycles. The summed E-state index contributed by atoms with van der Waals surface area (Å²) < 4.78 is 22.3. The van der Waals surface area contributed by atoms with Gasteiger partial charge < -0.3 is 39.0 Å². The third-order valence-electron chi connectivity index (χ3n) is 9.10. The molecule has 28 nitrogen and oxygen atoms in total. The molecule has 0 aliphatic carbocycles. The van der Waals surface area contributed by atoms with Crippen LogP contribution < -0.4 is 27.7 Å². The Hall–Kier alpha value is -11.3. The fourth-order valence-electron chi connectivity index (χ4n) is 5.73. The number of para-hydroxylation sites is 5. The van der Waals surface area contributed by atoms with E-state index in [2.05, 4.69) is 24.9 Å². The van der Waals surface area contributed by atoms with Gasteiger partial charge >= 0.3 is 47.4 Å². The number of aromatic amines is 3. The third-order valence-corrected chi connectivity index (χ3v) is 9.10. The van der Waals surface area contributed by atoms with E-state index in [1.807, 2.05) is 44.2 Å². The van der Waals surface area contributed by atoms with Crippen molar-refractivity contribution in [1.29, 1.82) is 0 Å². The number of phenolic OH excluding ortho intramolecular Hbond substituents is 2. The number of rotatable bonds is 3. The van der Waals surface area contributed by atoms with Gasteiger partial charge in [-0.05, 0) is 67.8 Å². The highest BCUT2D eigenvalue weighted by Crippen LogP contribution is 2.28. The quantitative estimate of drug-likeness (QED) is 0.0535. The largest absolute Gasteiger partial charge is 0.506 e. The molecule has 0 bridgehead atoms. The van der Waals surface area contributed by atoms with Crippen molar-refractivity contribution in [3.63, 3.8) is 0 Å². The van der Waals surface area contributed by atoms with E-state index in [9.17, 15) is 29.3 Å². The maximum Gasteiger partial charge on any atom is 0.417 e. The van der Waals surface area contributed by atoms with Crippen molar-refractivity contribution in [2.24, 2.45) is 0 Å². The smallest absolute Gasteiger partial charge is 0.417 e. The van der Waals surface area contributed by atoms with Gasteiger partial charge in [-0.3, -0.25) is 34.2 Å². The zero-order chi connectivity index (χ0) is 56.7. The van der Waals surface area contributed by atoms with Crippen LogP contribution >= 0.6 is 0 Å². The minimum absolute atomic E-state index is 0.127. The summed E-state index contributed by atoms with van der Waals surface area (Å²) >= 11 is 0. The zero-order valence-corrected chi connectivity index (χ0v) is 40.0. The summed E-state index contributed by atoms with van der Waals surface area (Å²) in [5, 5.41) is 37.3. The summed E-state index contributed by atoms with van der Waals surface area (Å²) in [6.07, 6.45) is 9.92. The summed E-state index contributed by atoms with van der Waals surface area (Å²) in [4.78, 5) is 117. The third kappa shape index (κ3) is 18.8. The van der Waals surface area contributed by atoms with Gasteiger partial charge in [0.2, 0.25) is 0 Å². The molecule has 8 N–H and O–H groups in total. The topological polar surface area (TPSA) is 432 Å². The maximum absolute atomic E-state index is 11.4. The highest BCUT2D eigenvalue weighted by atomic mass is 16.6. The molecule has 0 aliphatic heterocycles. The second-order valence-electron chi connectivity index (χ2n) is 14.0. The molecule has 0 amide bonds. The molecule has 394 valence electrons. The minimum Gasteiger partial charge on any atom is -0.506 e. The van der Waals surface area contributed by atoms with E-state index < -0.39 is 22.2 Å². The number of aryl methyl sites for hydroxylation is 3. The van der Waals surface area contributed by atoms with Crippen LogP contribution in [0.2, 0.25) is 0 Å². The number of methoxy groups -OCH3 is 1. The molecular formula is C48H43N9O19. The Labute approximate surface area is 424 Å². The molecule has 0 unspecified atom stereocenters. The van der Waals surface area contributed by atoms with E-state index in [4.69, 9.17) is 67.8 Å². The van der Waals surface area contributed by atoms with E-state index in [0.717, 1.165) is 16.6 Å². The number of aromatic nitrogens is 7. The molecule has 0 atom stereocenters. The molecule has 0 fully saturated rings. The van der Waals surface area contributed by atoms with Crippen molar-refractivity contribution in [3.8, 4) is 17.2 Å². The van der Waals surface area contributed by atoms with Crippen molar-refractivity contribution >= 4 is 69.2 Å². The lowest BCUT2D eigenvalue weighted by molar-refractivity contribution is -0.385. The number of ether oxygens (including phenoxy) is 1. The molecule has 76 heavy (non-hydrogen) atoms. The monoisotopic (exact) mass is 1050 g/mol. The number of aliphatic hydroxyl groups excluding tert-OH is 1. The number of hydrogen-bond donors (Lipinski definition) is 7. The number of nitrogen functional groups attached to an aromatic ring is 1. The van der Waals surface area contributed by atoms with Crippen molar-refractivity contribution in [2.75, 3.05) is 12.8 Å². The van der Waals surface area contributed by atoms with Gasteiger partial charge in [-0.25, -0.2) is 29.1 Å². The number of hydrogen-bond acceptors (Lipinski definition) is 22. The van der Waals surface area contributed by atoms with Gasteiger partial charge in [-0.15, -0.1) is 0 Å². The summed E-state index contributed by atoms with van der Waals surface area (Å²) in [7, 11) is 1.53. The van der Waals surface area contributed by atoms with Crippen LogP contribution in [0.5, 0.6) is 17.2 Å². The number of nitrogens with zero attached hydrogens (tertiary/aromatic N) is 5. The second-order valence-corrected chi connectivity index (χ2v) is 14.0. The molecule has 0 aliphatic rings. The van der Waals surface area contributed by atoms with E-state index in [1.165, 1.54) is 41.0 Å². The molecule has 0 spiro atoms. The number of benzene rings is 5. The van der Waals surface area contributed by atoms with Gasteiger partial charge in [0.1, 0.15) is 18.4 Å². The molecule has 10 rings (SSSR count). The van der Waals surface area contributed by atoms with Crippen LogP contribution in [-0.2, 0) is 35.4 Å². The molecular weight excluding hydrogens is 1010 g/mol. The SMILES string of the molecule is COc1cccc2[nH]c(=O)oc12.Cc1cccc(N)c1O.Cc1cccc([N+](=O)[O-])c1O.Cc1cccc2[nH]c(=O)oc12.O=C(n1ccnc1)n1ccnc1.O=C=O.O=C=O.O=C=O.O=c1[nH]c2cccc(CO)c2o1. The number of anilines is 1. The number of nitrogens with two attached hydrogens (primary N) is 1. The van der Waals surface area contributed by atoms with Crippen molar-refractivity contribution in [2.45, 2.75) is 27.4 Å². The number of phenols is 2. The molecule has 5 heterocycles. The predicted molar refractivity (Wildman–Crippen MR) is 260 cm³/mol. The Morgan fingerprint density at radius 1 is 0.645 bits per heavy atom. The highest BCUT2D eigenvalue weighted by molar-refractivity contribution is 5.79. The lowest BCUT2D eigenvalue weighted by atomic mass is 10.2. The summed E-state index contributed by atoms with van der Waals surface area (Å²) in [6.45, 7) is 5.20. The van der Waals surface area contributed by atoms with Gasteiger partial charge in [0, 0.05) is 36.4 Å². The number of nitrogens with one attached hydrogen (secondary N) is 3. The van der Waals surface area contributed by atoms with Crippen LogP contribution in [0.1, 0.15) is 22.3 Å². The molecule has 28 heteroatoms. The van der Waals surface area contributed by atoms with E-state index in [1.54, 1.807) is 80.2 Å². The Morgan fingerprint density at radius 2 is 1.05 bits per heavy atom. The van der Waals surface area contributed by atoms with Crippen molar-refractivity contribution in [3.05, 3.63) is 192 Å². The van der Waals surface area contributed by atoms with Crippen LogP contribution in [0, 0.1) is 30.9 Å². The number of fused-ring (bicyclic) bond motifs is 3. The zero-order valence-electron chi connectivity index (χ0n) is 40.0. The number of aliphatic hydroxyl groups is 1. The number of nitro groups is 1. The highest BCUT2D eigenvalue weighted by Gasteiger charge is 2.13. The summed E-state index contributed by atoms with van der Waals surface area (Å²) in [6, 6.07) is 25.6. The standard InChI is InChI=1S/2C8H7NO3.C8H7NO2.C7H6N4O.C7H7NO3.C7H9NO.3CO2/c1-11-6-4-2-3-5-7(6)12-8(10)9-5;10-4-5-2-1-3-6-7(5)12-8(11)9-6;1-5-3-2-4-6-7(5)11-8(10)9-6;12-7(10-3-1-8-5-10)11-4-2-9-6-11;1-5-3-2-4-6(7(5)9)8(10)11;1-5-3-2-4-6(8)7(5)9;3*2-1-3/h2-4H,1H3,(H,9,10);1-3,10H,4H2,(H,9,11);2-4H,1H3,(H,9,10);1-6H;2-4,9H,1H3;2-4,9H,8H2,1H3;;;. The minimum atomic E-state index is -0.609. The van der Waals surface area contributed by atoms with Crippen LogP contribution in [0.4, 0.5) is 16.2 Å². The van der Waals surface area contributed by atoms with Gasteiger partial charge in [0.25, 0.3) is 0 Å². The van der Waals surface area contributed by atoms with E-state index in [-0.39, 0.29) is 48.3 Å². The van der Waals surface area contributed by atoms with Crippen molar-refractivity contribution < 1.29 is 71.8 Å². The number of nitro benzene ring substituents is 1. The van der Waals surface area contributed by atoms with Crippen molar-refractivity contribution in [1.82, 2.24) is 34.1 Å². The second kappa shape index (κ2) is 31.8. The number of imidazole rings is 2. The fraction of sp³-hybridized carbons (Fsp3) is 0.104. The van der Waals surface area contributed by atoms with E-state index in [0.29, 0.717) is 50.3 Å². The molecule has 10 aromatic rings. The summed E-state index contributed by atoms with van der Waals surface area (Å²) in [5.74, 6) is -0.851. The van der Waals surface area contributed by atoms with Crippen LogP contribution in [0.15, 0.2) is 156 Å². The van der Waals surface area contributed by atoms with E-state index >= 15 is 0 Å². The summed E-state index contributed by atoms with van der Waals surface area (Å²) in [5.41, 5.74) is 12.1. The number of aromatic hydroxyl groups is 2. The maximum atomic E-state index is 11.4. The number of carbonyl (C=O) groups is 1. The predicted octanol–water partition coefficient (Wildman–Crippen LogP) is 4.91. The molecule has 0 saturated carbocycles. The van der Waals surface area contributed by atoms with Gasteiger partial charge in [-0.2, -0.15) is 28.8 Å². The first-order chi connectivity index (χ1) is 36.3. The lowest BCUT2D eigenvalue weighted by Crippen LogP contribution is -2.15. The van der Waals surface area contributed by atoms with Gasteiger partial charge in [0.05, 0.1) is 40.9 Å². The van der Waals surface area contributed by atoms with Gasteiger partial charge in [0.15, 0.2) is 28.2 Å². The van der Waals surface area contributed by atoms with Crippen LogP contribution in [0.3, 0.4) is 0 Å². The van der Waals surface area contributed by atoms with Crippen LogP contribution in [-0.4, -0.2) is 85.9 Å². The molecule has 5 aromatic heterocycles. The Balaban J connectivity index is 0.000000303. The number of carbonyl (C=O) groups excluding carboxylic acids is 7. The number of H-pyrrole nitrogens is 3. The Kier molecular flexibility index (Phi) is 25.5. The molecule has 0 saturated heterocycles. The first-order valence-electron chi connectivity index (χ1n) is 20.8. The Morgan fingerprint density at radius 3 is 1.47 bits per heavy atom. The first-order valence-corrected chi connectivity index (χ1v) is 20.8. The molecule has 0 radical (unpaired) electrons. The average Bonchev–Trinajstić information content (AvgIpc) is 4.27. The lowest BCUT2D eigenvalue weighted by Gasteiger charge is -1.99.